The van der Waals surface area contributed by atoms with E-state index in [2.05, 4.69) is 9.88 Å². The first-order valence-corrected chi connectivity index (χ1v) is 11.2. The van der Waals surface area contributed by atoms with Crippen molar-refractivity contribution in [2.75, 3.05) is 53.2 Å². The van der Waals surface area contributed by atoms with Crippen molar-refractivity contribution < 1.29 is 24.1 Å². The molecule has 176 valence electrons. The third kappa shape index (κ3) is 5.40. The van der Waals surface area contributed by atoms with E-state index >= 15 is 0 Å². The maximum absolute atomic E-state index is 10.1. The van der Waals surface area contributed by atoms with E-state index in [4.69, 9.17) is 24.0 Å². The molecule has 2 aliphatic rings. The molecule has 1 fully saturated rings. The zero-order valence-electron chi connectivity index (χ0n) is 19.5. The van der Waals surface area contributed by atoms with E-state index in [0.717, 1.165) is 48.4 Å². The summed E-state index contributed by atoms with van der Waals surface area (Å²) in [5, 5.41) is 14.9. The maximum Gasteiger partial charge on any atom is 0.236 e. The summed E-state index contributed by atoms with van der Waals surface area (Å²) in [6.45, 7) is 10.1. The van der Waals surface area contributed by atoms with Gasteiger partial charge in [-0.2, -0.15) is 0 Å². The topological polar surface area (TPSA) is 91.1 Å². The lowest BCUT2D eigenvalue weighted by molar-refractivity contribution is -0.0689. The number of aromatic nitrogens is 3. The van der Waals surface area contributed by atoms with Crippen LogP contribution in [0.1, 0.15) is 30.7 Å². The fraction of sp³-hybridized carbons (Fsp3) is 0.652. The highest BCUT2D eigenvalue weighted by Crippen LogP contribution is 2.29. The van der Waals surface area contributed by atoms with E-state index < -0.39 is 5.60 Å². The van der Waals surface area contributed by atoms with Crippen LogP contribution in [-0.4, -0.2) is 89.6 Å². The molecule has 2 aliphatic heterocycles. The number of hydrogen-bond acceptors (Lipinski definition) is 8. The lowest BCUT2D eigenvalue weighted by Crippen LogP contribution is -2.49. The predicted molar refractivity (Wildman–Crippen MR) is 119 cm³/mol. The molecule has 1 atom stereocenters. The highest BCUT2D eigenvalue weighted by Gasteiger charge is 2.27. The quantitative estimate of drug-likeness (QED) is 0.685. The Balaban J connectivity index is 1.52. The van der Waals surface area contributed by atoms with Crippen molar-refractivity contribution in [2.45, 2.75) is 45.3 Å². The summed E-state index contributed by atoms with van der Waals surface area (Å²) in [6, 6.07) is 2.02. The minimum absolute atomic E-state index is 0.0705. The molecule has 0 aromatic carbocycles. The van der Waals surface area contributed by atoms with Crippen LogP contribution in [0.15, 0.2) is 12.3 Å². The van der Waals surface area contributed by atoms with Crippen LogP contribution in [0.5, 0.6) is 11.8 Å². The van der Waals surface area contributed by atoms with Gasteiger partial charge in [0.25, 0.3) is 0 Å². The third-order valence-electron chi connectivity index (χ3n) is 5.73. The first-order valence-electron chi connectivity index (χ1n) is 11.2. The van der Waals surface area contributed by atoms with Gasteiger partial charge in [-0.05, 0) is 26.8 Å². The van der Waals surface area contributed by atoms with Gasteiger partial charge in [0.2, 0.25) is 11.8 Å². The van der Waals surface area contributed by atoms with Crippen molar-refractivity contribution in [3.63, 3.8) is 0 Å². The van der Waals surface area contributed by atoms with Crippen molar-refractivity contribution in [2.24, 2.45) is 0 Å². The van der Waals surface area contributed by atoms with Gasteiger partial charge in [-0.15, -0.1) is 5.10 Å². The van der Waals surface area contributed by atoms with E-state index in [1.807, 2.05) is 31.5 Å². The molecule has 32 heavy (non-hydrogen) atoms. The summed E-state index contributed by atoms with van der Waals surface area (Å²) < 4.78 is 25.0. The van der Waals surface area contributed by atoms with Crippen LogP contribution < -0.4 is 9.47 Å². The number of pyridine rings is 1. The van der Waals surface area contributed by atoms with Crippen molar-refractivity contribution in [3.05, 3.63) is 29.1 Å². The standard InChI is InChI=1S/C23H34N4O5/c1-16-11-17(12-24-21(16)29-4)27-20-6-9-30-8-5-19(20)22(25-27)32-14-18-13-26(7-10-31-18)15-23(2,3)28/h11-12,18,28H,5-10,13-15H2,1-4H3. The fourth-order valence-corrected chi connectivity index (χ4v) is 4.37. The number of ether oxygens (including phenoxy) is 4. The number of hydrogen-bond donors (Lipinski definition) is 1. The SMILES string of the molecule is COc1ncc(-n2nc(OCC3CN(CC(C)(C)O)CCO3)c3c2CCOCC3)cc1C. The van der Waals surface area contributed by atoms with Gasteiger partial charge in [0.1, 0.15) is 12.7 Å². The summed E-state index contributed by atoms with van der Waals surface area (Å²) in [5.41, 5.74) is 3.27. The number of rotatable bonds is 7. The highest BCUT2D eigenvalue weighted by atomic mass is 16.5. The Labute approximate surface area is 189 Å². The number of aryl methyl sites for hydroxylation is 1. The van der Waals surface area contributed by atoms with E-state index in [-0.39, 0.29) is 6.10 Å². The molecule has 1 unspecified atom stereocenters. The molecule has 0 bridgehead atoms. The molecular formula is C23H34N4O5. The van der Waals surface area contributed by atoms with Gasteiger partial charge >= 0.3 is 0 Å². The first-order chi connectivity index (χ1) is 15.3. The molecular weight excluding hydrogens is 412 g/mol. The Hall–Kier alpha value is -2.20. The smallest absolute Gasteiger partial charge is 0.236 e. The molecule has 4 heterocycles. The predicted octanol–water partition coefficient (Wildman–Crippen LogP) is 1.55. The molecule has 9 heteroatoms. The zero-order chi connectivity index (χ0) is 22.7. The summed E-state index contributed by atoms with van der Waals surface area (Å²) in [4.78, 5) is 6.63. The van der Waals surface area contributed by atoms with Crippen molar-refractivity contribution in [1.29, 1.82) is 0 Å². The van der Waals surface area contributed by atoms with Crippen LogP contribution in [-0.2, 0) is 22.3 Å². The van der Waals surface area contributed by atoms with E-state index in [9.17, 15) is 5.11 Å². The molecule has 2 aromatic rings. The molecule has 0 radical (unpaired) electrons. The van der Waals surface area contributed by atoms with Crippen LogP contribution in [0.3, 0.4) is 0 Å². The van der Waals surface area contributed by atoms with Crippen molar-refractivity contribution >= 4 is 0 Å². The number of methoxy groups -OCH3 is 1. The second-order valence-electron chi connectivity index (χ2n) is 9.13. The summed E-state index contributed by atoms with van der Waals surface area (Å²) in [5.74, 6) is 1.24. The van der Waals surface area contributed by atoms with Gasteiger partial charge in [-0.25, -0.2) is 9.67 Å². The molecule has 0 saturated carbocycles. The Morgan fingerprint density at radius 3 is 2.78 bits per heavy atom. The third-order valence-corrected chi connectivity index (χ3v) is 5.73. The van der Waals surface area contributed by atoms with Crippen LogP contribution in [0, 0.1) is 6.92 Å². The Bertz CT molecular complexity index is 924. The summed E-state index contributed by atoms with van der Waals surface area (Å²) >= 11 is 0. The minimum atomic E-state index is -0.733. The lowest BCUT2D eigenvalue weighted by atomic mass is 10.1. The second-order valence-corrected chi connectivity index (χ2v) is 9.13. The van der Waals surface area contributed by atoms with Gasteiger partial charge < -0.3 is 24.1 Å². The van der Waals surface area contributed by atoms with Crippen LogP contribution in [0.2, 0.25) is 0 Å². The van der Waals surface area contributed by atoms with E-state index in [1.54, 1.807) is 13.3 Å². The number of β-amino-alcohol motifs (C(OH)–C–C–N with tert-alkyl or cyclic N) is 1. The first kappa shape index (κ1) is 23.0. The molecule has 1 saturated heterocycles. The lowest BCUT2D eigenvalue weighted by Gasteiger charge is -2.35. The molecule has 4 rings (SSSR count). The second kappa shape index (κ2) is 9.74. The Morgan fingerprint density at radius 1 is 1.22 bits per heavy atom. The van der Waals surface area contributed by atoms with Gasteiger partial charge in [-0.1, -0.05) is 0 Å². The monoisotopic (exact) mass is 446 g/mol. The number of fused-ring (bicyclic) bond motifs is 1. The summed E-state index contributed by atoms with van der Waals surface area (Å²) in [7, 11) is 1.62. The van der Waals surface area contributed by atoms with E-state index in [0.29, 0.717) is 44.7 Å². The van der Waals surface area contributed by atoms with Gasteiger partial charge in [0, 0.05) is 43.6 Å². The fourth-order valence-electron chi connectivity index (χ4n) is 4.37. The minimum Gasteiger partial charge on any atom is -0.481 e. The number of morpholine rings is 1. The largest absolute Gasteiger partial charge is 0.481 e. The van der Waals surface area contributed by atoms with Gasteiger partial charge in [0.15, 0.2) is 0 Å². The average Bonchev–Trinajstić information content (AvgIpc) is 2.91. The van der Waals surface area contributed by atoms with Gasteiger partial charge in [-0.3, -0.25) is 4.90 Å². The normalized spacial score (nSPS) is 20.0. The summed E-state index contributed by atoms with van der Waals surface area (Å²) in [6.07, 6.45) is 3.21. The Morgan fingerprint density at radius 2 is 2.03 bits per heavy atom. The molecule has 0 amide bonds. The van der Waals surface area contributed by atoms with Crippen molar-refractivity contribution in [1.82, 2.24) is 19.7 Å². The number of nitrogens with zero attached hydrogens (tertiary/aromatic N) is 4. The maximum atomic E-state index is 10.1. The van der Waals surface area contributed by atoms with Crippen LogP contribution >= 0.6 is 0 Å². The Kier molecular flexibility index (Phi) is 6.99. The van der Waals surface area contributed by atoms with E-state index in [1.165, 1.54) is 0 Å². The van der Waals surface area contributed by atoms with Gasteiger partial charge in [0.05, 0.1) is 50.1 Å². The molecule has 2 aromatic heterocycles. The average molecular weight is 447 g/mol. The molecule has 9 nitrogen and oxygen atoms in total. The number of aliphatic hydroxyl groups is 1. The zero-order valence-corrected chi connectivity index (χ0v) is 19.5. The van der Waals surface area contributed by atoms with Crippen molar-refractivity contribution in [3.8, 4) is 17.4 Å². The van der Waals surface area contributed by atoms with Crippen LogP contribution in [0.4, 0.5) is 0 Å². The molecule has 0 spiro atoms. The molecule has 0 aliphatic carbocycles. The molecule has 1 N–H and O–H groups in total. The highest BCUT2D eigenvalue weighted by molar-refractivity contribution is 5.43. The van der Waals surface area contributed by atoms with Crippen LogP contribution in [0.25, 0.3) is 5.69 Å².